The molecule has 1 aromatic rings. The summed E-state index contributed by atoms with van der Waals surface area (Å²) in [6, 6.07) is 4.08. The van der Waals surface area contributed by atoms with Crippen LogP contribution in [0.2, 0.25) is 0 Å². The van der Waals surface area contributed by atoms with Crippen LogP contribution in [0.5, 0.6) is 0 Å². The van der Waals surface area contributed by atoms with Crippen LogP contribution in [-0.2, 0) is 19.6 Å². The standard InChI is InChI=1S/C17H25N3O6S/c1-10(2)18-17(23)19-15(21)12(5)26-16(22)13-7-6-8-14(9-13)27(24,25)20-11(3)4/h6-12,20H,1-5H3,(H2,18,19,21,23)/t12-/m1/s1. The lowest BCUT2D eigenvalue weighted by atomic mass is 10.2. The van der Waals surface area contributed by atoms with E-state index in [0.29, 0.717) is 0 Å². The SMILES string of the molecule is CC(C)NC(=O)NC(=O)[C@@H](C)OC(=O)c1cccc(S(=O)(=O)NC(C)C)c1. The van der Waals surface area contributed by atoms with Gasteiger partial charge < -0.3 is 10.1 Å². The summed E-state index contributed by atoms with van der Waals surface area (Å²) in [6.45, 7) is 8.10. The van der Waals surface area contributed by atoms with Gasteiger partial charge in [-0.2, -0.15) is 0 Å². The molecule has 0 unspecified atom stereocenters. The number of carbonyl (C=O) groups excluding carboxylic acids is 3. The van der Waals surface area contributed by atoms with Crippen LogP contribution in [0.1, 0.15) is 45.0 Å². The Balaban J connectivity index is 2.81. The molecular formula is C17H25N3O6S. The monoisotopic (exact) mass is 399 g/mol. The van der Waals surface area contributed by atoms with Gasteiger partial charge in [-0.1, -0.05) is 6.07 Å². The Hall–Kier alpha value is -2.46. The lowest BCUT2D eigenvalue weighted by Crippen LogP contribution is -2.46. The molecule has 1 atom stereocenters. The first kappa shape index (κ1) is 22.6. The highest BCUT2D eigenvalue weighted by Gasteiger charge is 2.22. The molecule has 0 aliphatic carbocycles. The van der Waals surface area contributed by atoms with Gasteiger partial charge in [0.2, 0.25) is 10.0 Å². The van der Waals surface area contributed by atoms with Gasteiger partial charge >= 0.3 is 12.0 Å². The predicted molar refractivity (Wildman–Crippen MR) is 98.6 cm³/mol. The second-order valence-corrected chi connectivity index (χ2v) is 8.18. The minimum atomic E-state index is -3.78. The minimum Gasteiger partial charge on any atom is -0.449 e. The van der Waals surface area contributed by atoms with Gasteiger partial charge in [0.15, 0.2) is 6.10 Å². The highest BCUT2D eigenvalue weighted by atomic mass is 32.2. The van der Waals surface area contributed by atoms with E-state index in [-0.39, 0.29) is 22.5 Å². The zero-order valence-electron chi connectivity index (χ0n) is 15.9. The Morgan fingerprint density at radius 1 is 1.00 bits per heavy atom. The van der Waals surface area contributed by atoms with Gasteiger partial charge in [-0.25, -0.2) is 22.7 Å². The average Bonchev–Trinajstić information content (AvgIpc) is 2.52. The maximum Gasteiger partial charge on any atom is 0.338 e. The summed E-state index contributed by atoms with van der Waals surface area (Å²) < 4.78 is 31.8. The maximum atomic E-state index is 12.2. The van der Waals surface area contributed by atoms with Crippen LogP contribution in [0.25, 0.3) is 0 Å². The first-order chi connectivity index (χ1) is 12.4. The Morgan fingerprint density at radius 2 is 1.63 bits per heavy atom. The summed E-state index contributed by atoms with van der Waals surface area (Å²) in [5.41, 5.74) is -0.0343. The van der Waals surface area contributed by atoms with Gasteiger partial charge in [0, 0.05) is 12.1 Å². The van der Waals surface area contributed by atoms with Crippen molar-refractivity contribution in [2.75, 3.05) is 0 Å². The van der Waals surface area contributed by atoms with E-state index < -0.39 is 34.0 Å². The molecule has 0 aromatic heterocycles. The molecule has 10 heteroatoms. The number of carbonyl (C=O) groups is 3. The van der Waals surface area contributed by atoms with Gasteiger partial charge in [0.1, 0.15) is 0 Å². The molecule has 0 bridgehead atoms. The molecule has 0 spiro atoms. The van der Waals surface area contributed by atoms with Crippen LogP contribution in [0.4, 0.5) is 4.79 Å². The van der Waals surface area contributed by atoms with E-state index in [2.05, 4.69) is 15.4 Å². The summed E-state index contributed by atoms with van der Waals surface area (Å²) in [7, 11) is -3.78. The molecular weight excluding hydrogens is 374 g/mol. The Labute approximate surface area is 158 Å². The first-order valence-corrected chi connectivity index (χ1v) is 9.85. The van der Waals surface area contributed by atoms with Gasteiger partial charge in [-0.3, -0.25) is 10.1 Å². The molecule has 1 aromatic carbocycles. The van der Waals surface area contributed by atoms with Crippen molar-refractivity contribution in [1.82, 2.24) is 15.4 Å². The zero-order chi connectivity index (χ0) is 20.8. The van der Waals surface area contributed by atoms with E-state index in [9.17, 15) is 22.8 Å². The van der Waals surface area contributed by atoms with Gasteiger partial charge in [-0.05, 0) is 52.8 Å². The summed E-state index contributed by atoms with van der Waals surface area (Å²) in [4.78, 5) is 35.5. The van der Waals surface area contributed by atoms with Crippen LogP contribution in [-0.4, -0.2) is 44.5 Å². The largest absolute Gasteiger partial charge is 0.449 e. The fourth-order valence-corrected chi connectivity index (χ4v) is 3.26. The molecule has 0 saturated carbocycles. The van der Waals surface area contributed by atoms with Crippen molar-refractivity contribution in [3.05, 3.63) is 29.8 Å². The molecule has 0 aliphatic rings. The lowest BCUT2D eigenvalue weighted by molar-refractivity contribution is -0.127. The van der Waals surface area contributed by atoms with Gasteiger partial charge in [-0.15, -0.1) is 0 Å². The summed E-state index contributed by atoms with van der Waals surface area (Å²) >= 11 is 0. The van der Waals surface area contributed by atoms with E-state index in [1.165, 1.54) is 25.1 Å². The predicted octanol–water partition coefficient (Wildman–Crippen LogP) is 1.15. The van der Waals surface area contributed by atoms with Crippen LogP contribution in [0, 0.1) is 0 Å². The Kier molecular flexibility index (Phi) is 7.92. The van der Waals surface area contributed by atoms with Crippen molar-refractivity contribution in [3.8, 4) is 0 Å². The van der Waals surface area contributed by atoms with E-state index in [4.69, 9.17) is 4.74 Å². The summed E-state index contributed by atoms with van der Waals surface area (Å²) in [5.74, 6) is -1.68. The third kappa shape index (κ3) is 7.35. The summed E-state index contributed by atoms with van der Waals surface area (Å²) in [6.07, 6.45) is -1.25. The highest BCUT2D eigenvalue weighted by Crippen LogP contribution is 2.13. The van der Waals surface area contributed by atoms with Crippen LogP contribution < -0.4 is 15.4 Å². The molecule has 3 amide bonds. The second-order valence-electron chi connectivity index (χ2n) is 6.47. The van der Waals surface area contributed by atoms with E-state index in [1.807, 2.05) is 0 Å². The smallest absolute Gasteiger partial charge is 0.338 e. The lowest BCUT2D eigenvalue weighted by Gasteiger charge is -2.15. The average molecular weight is 399 g/mol. The molecule has 3 N–H and O–H groups in total. The third-order valence-corrected chi connectivity index (χ3v) is 4.74. The minimum absolute atomic E-state index is 0.0343. The fourth-order valence-electron chi connectivity index (χ4n) is 1.96. The quantitative estimate of drug-likeness (QED) is 0.590. The van der Waals surface area contributed by atoms with E-state index in [0.717, 1.165) is 6.07 Å². The number of amides is 3. The second kappa shape index (κ2) is 9.47. The van der Waals surface area contributed by atoms with Crippen molar-refractivity contribution in [3.63, 3.8) is 0 Å². The van der Waals surface area contributed by atoms with Crippen molar-refractivity contribution >= 4 is 27.9 Å². The fraction of sp³-hybridized carbons (Fsp3) is 0.471. The van der Waals surface area contributed by atoms with E-state index >= 15 is 0 Å². The van der Waals surface area contributed by atoms with Crippen LogP contribution in [0.15, 0.2) is 29.2 Å². The first-order valence-electron chi connectivity index (χ1n) is 8.37. The molecule has 27 heavy (non-hydrogen) atoms. The van der Waals surface area contributed by atoms with Crippen molar-refractivity contribution in [2.45, 2.75) is 57.7 Å². The summed E-state index contributed by atoms with van der Waals surface area (Å²) in [5, 5.41) is 4.52. The number of rotatable bonds is 7. The van der Waals surface area contributed by atoms with Crippen LogP contribution in [0.3, 0.4) is 0 Å². The molecule has 0 aliphatic heterocycles. The number of imide groups is 1. The van der Waals surface area contributed by atoms with Crippen molar-refractivity contribution < 1.29 is 27.5 Å². The van der Waals surface area contributed by atoms with Gasteiger partial charge in [0.25, 0.3) is 5.91 Å². The Bertz CT molecular complexity index is 805. The normalized spacial score (nSPS) is 12.6. The number of urea groups is 1. The number of esters is 1. The molecule has 0 fully saturated rings. The molecule has 0 radical (unpaired) electrons. The molecule has 9 nitrogen and oxygen atoms in total. The Morgan fingerprint density at radius 3 is 2.19 bits per heavy atom. The van der Waals surface area contributed by atoms with Crippen molar-refractivity contribution in [2.24, 2.45) is 0 Å². The van der Waals surface area contributed by atoms with Crippen LogP contribution >= 0.6 is 0 Å². The number of nitrogens with one attached hydrogen (secondary N) is 3. The zero-order valence-corrected chi connectivity index (χ0v) is 16.7. The third-order valence-electron chi connectivity index (χ3n) is 3.08. The topological polar surface area (TPSA) is 131 Å². The highest BCUT2D eigenvalue weighted by molar-refractivity contribution is 7.89. The number of ether oxygens (including phenoxy) is 1. The van der Waals surface area contributed by atoms with Gasteiger partial charge in [0.05, 0.1) is 10.5 Å². The molecule has 0 heterocycles. The number of sulfonamides is 1. The number of hydrogen-bond acceptors (Lipinski definition) is 6. The van der Waals surface area contributed by atoms with Crippen molar-refractivity contribution in [1.29, 1.82) is 0 Å². The number of benzene rings is 1. The molecule has 1 rings (SSSR count). The van der Waals surface area contributed by atoms with E-state index in [1.54, 1.807) is 27.7 Å². The molecule has 150 valence electrons. The maximum absolute atomic E-state index is 12.2. The number of hydrogen-bond donors (Lipinski definition) is 3. The molecule has 0 saturated heterocycles.